The van der Waals surface area contributed by atoms with Crippen LogP contribution in [-0.4, -0.2) is 58.0 Å². The van der Waals surface area contributed by atoms with Gasteiger partial charge in [-0.05, 0) is 89.9 Å². The molecule has 268 valence electrons. The molecule has 8 rings (SSSR count). The van der Waals surface area contributed by atoms with Crippen LogP contribution >= 0.6 is 23.2 Å². The number of allylic oxidation sites excluding steroid dienone is 2. The average Bonchev–Trinajstić information content (AvgIpc) is 3.53. The van der Waals surface area contributed by atoms with Crippen LogP contribution < -0.4 is 20.5 Å². The van der Waals surface area contributed by atoms with E-state index in [2.05, 4.69) is 5.43 Å². The number of imide groups is 2. The van der Waals surface area contributed by atoms with Crippen LogP contribution in [0.3, 0.4) is 0 Å². The molecule has 1 saturated carbocycles. The van der Waals surface area contributed by atoms with Crippen LogP contribution in [0.15, 0.2) is 103 Å². The van der Waals surface area contributed by atoms with Gasteiger partial charge in [0.2, 0.25) is 11.8 Å². The number of phenolic OH excluding ortho intramolecular Hbond substituents is 1. The first-order valence-electron chi connectivity index (χ1n) is 17.0. The van der Waals surface area contributed by atoms with Crippen molar-refractivity contribution in [3.8, 4) is 11.5 Å². The third-order valence-corrected chi connectivity index (χ3v) is 11.8. The molecule has 2 aliphatic heterocycles. The van der Waals surface area contributed by atoms with Crippen molar-refractivity contribution in [3.05, 3.63) is 124 Å². The molecule has 4 amide bonds. The lowest BCUT2D eigenvalue weighted by molar-refractivity contribution is -0.138. The summed E-state index contributed by atoms with van der Waals surface area (Å²) in [5.74, 6) is -5.73. The second-order valence-electron chi connectivity index (χ2n) is 13.8. The van der Waals surface area contributed by atoms with Gasteiger partial charge in [-0.25, -0.2) is 0 Å². The molecule has 53 heavy (non-hydrogen) atoms. The molecule has 4 aliphatic rings. The van der Waals surface area contributed by atoms with E-state index in [0.717, 1.165) is 9.91 Å². The van der Waals surface area contributed by atoms with Crippen LogP contribution in [0.5, 0.6) is 11.5 Å². The molecular formula is C39H32BCl2N3O8. The molecule has 0 bridgehead atoms. The van der Waals surface area contributed by atoms with E-state index in [1.807, 2.05) is 6.08 Å². The van der Waals surface area contributed by atoms with Crippen molar-refractivity contribution in [2.45, 2.75) is 24.2 Å². The van der Waals surface area contributed by atoms with Crippen molar-refractivity contribution in [2.75, 3.05) is 17.4 Å². The smallest absolute Gasteiger partial charge is 0.488 e. The number of rotatable bonds is 7. The Morgan fingerprint density at radius 1 is 0.868 bits per heavy atom. The van der Waals surface area contributed by atoms with Crippen molar-refractivity contribution < 1.29 is 39.1 Å². The van der Waals surface area contributed by atoms with Crippen molar-refractivity contribution >= 4 is 70.8 Å². The SMILES string of the molecule is COc1ccc(C23C(=O)N(Nc4ccc(Cl)cc4Cl)C(=O)C2CC2C(=CCC4C(=O)N(c5cccc(B(O)O)c5)C(=O)C42)C3c2cccc(O)c2)cc1. The maximum atomic E-state index is 15.3. The summed E-state index contributed by atoms with van der Waals surface area (Å²) < 4.78 is 5.44. The molecule has 4 N–H and O–H groups in total. The standard InChI is InChI=1S/C39H32BCl2N3O8/c1-53-26-11-8-21(9-12-26)39-30(36(48)45(38(39)50)43-32-15-10-23(41)18-31(32)42)19-29-27(34(39)20-4-2-7-25(46)16-20)13-14-28-33(29)37(49)44(35(28)47)24-6-3-5-22(17-24)40(51)52/h2-13,15-18,28-30,33-34,43,46,51-52H,14,19H2,1H3. The van der Waals surface area contributed by atoms with E-state index < -0.39 is 65.8 Å². The van der Waals surface area contributed by atoms with E-state index in [-0.39, 0.29) is 40.5 Å². The predicted octanol–water partition coefficient (Wildman–Crippen LogP) is 4.58. The minimum absolute atomic E-state index is 0.0493. The molecule has 2 saturated heterocycles. The highest BCUT2D eigenvalue weighted by Gasteiger charge is 2.70. The highest BCUT2D eigenvalue weighted by Crippen LogP contribution is 2.64. The summed E-state index contributed by atoms with van der Waals surface area (Å²) in [6.45, 7) is 0. The first-order valence-corrected chi connectivity index (χ1v) is 17.8. The lowest BCUT2D eigenvalue weighted by Gasteiger charge is -2.50. The first-order chi connectivity index (χ1) is 25.4. The summed E-state index contributed by atoms with van der Waals surface area (Å²) >= 11 is 12.7. The molecule has 0 radical (unpaired) electrons. The largest absolute Gasteiger partial charge is 0.508 e. The Hall–Kier alpha value is -5.14. The lowest BCUT2D eigenvalue weighted by Crippen LogP contribution is -2.53. The van der Waals surface area contributed by atoms with Gasteiger partial charge in [-0.2, -0.15) is 5.01 Å². The summed E-state index contributed by atoms with van der Waals surface area (Å²) in [6.07, 6.45) is 2.14. The summed E-state index contributed by atoms with van der Waals surface area (Å²) in [6, 6.07) is 24.1. The van der Waals surface area contributed by atoms with Gasteiger partial charge in [-0.3, -0.25) is 29.5 Å². The maximum absolute atomic E-state index is 15.3. The number of ether oxygens (including phenoxy) is 1. The normalized spacial score (nSPS) is 26.2. The van der Waals surface area contributed by atoms with E-state index in [1.165, 1.54) is 37.4 Å². The number of hydrogen-bond donors (Lipinski definition) is 4. The quantitative estimate of drug-likeness (QED) is 0.121. The first kappa shape index (κ1) is 34.9. The van der Waals surface area contributed by atoms with Crippen molar-refractivity contribution in [3.63, 3.8) is 0 Å². The fourth-order valence-electron chi connectivity index (χ4n) is 9.00. The van der Waals surface area contributed by atoms with Gasteiger partial charge in [0.1, 0.15) is 11.5 Å². The summed E-state index contributed by atoms with van der Waals surface area (Å²) in [7, 11) is -0.284. The van der Waals surface area contributed by atoms with E-state index in [9.17, 15) is 29.5 Å². The molecule has 3 fully saturated rings. The number of carbonyl (C=O) groups excluding carboxylic acids is 4. The number of hydrazine groups is 1. The molecule has 6 unspecified atom stereocenters. The minimum Gasteiger partial charge on any atom is -0.508 e. The molecule has 2 aliphatic carbocycles. The molecule has 4 aromatic rings. The average molecular weight is 752 g/mol. The summed E-state index contributed by atoms with van der Waals surface area (Å²) in [5.41, 5.74) is 3.76. The highest BCUT2D eigenvalue weighted by atomic mass is 35.5. The molecule has 0 spiro atoms. The van der Waals surface area contributed by atoms with Gasteiger partial charge >= 0.3 is 7.12 Å². The van der Waals surface area contributed by atoms with Gasteiger partial charge in [0.25, 0.3) is 11.8 Å². The Morgan fingerprint density at radius 3 is 2.32 bits per heavy atom. The zero-order chi connectivity index (χ0) is 37.3. The predicted molar refractivity (Wildman–Crippen MR) is 197 cm³/mol. The fraction of sp³-hybridized carbons (Fsp3) is 0.231. The summed E-state index contributed by atoms with van der Waals surface area (Å²) in [5, 5.41) is 32.0. The zero-order valence-electron chi connectivity index (χ0n) is 28.1. The number of carbonyl (C=O) groups is 4. The van der Waals surface area contributed by atoms with Gasteiger partial charge in [0.15, 0.2) is 0 Å². The van der Waals surface area contributed by atoms with Gasteiger partial charge in [-0.1, -0.05) is 71.2 Å². The van der Waals surface area contributed by atoms with Crippen LogP contribution in [0.4, 0.5) is 11.4 Å². The highest BCUT2D eigenvalue weighted by molar-refractivity contribution is 6.58. The Kier molecular flexibility index (Phi) is 8.61. The number of anilines is 2. The number of phenols is 1. The fourth-order valence-corrected chi connectivity index (χ4v) is 9.45. The molecule has 0 aromatic heterocycles. The molecule has 6 atom stereocenters. The number of halogens is 2. The maximum Gasteiger partial charge on any atom is 0.488 e. The van der Waals surface area contributed by atoms with Crippen molar-refractivity contribution in [2.24, 2.45) is 23.7 Å². The van der Waals surface area contributed by atoms with Gasteiger partial charge in [-0.15, -0.1) is 0 Å². The number of aromatic hydroxyl groups is 1. The molecule has 2 heterocycles. The Bertz CT molecular complexity index is 2230. The Labute approximate surface area is 314 Å². The number of amides is 4. The van der Waals surface area contributed by atoms with Crippen LogP contribution in [0.25, 0.3) is 0 Å². The van der Waals surface area contributed by atoms with Crippen molar-refractivity contribution in [1.82, 2.24) is 5.01 Å². The number of hydrogen-bond acceptors (Lipinski definition) is 9. The Balaban J connectivity index is 1.31. The number of nitrogens with one attached hydrogen (secondary N) is 1. The summed E-state index contributed by atoms with van der Waals surface area (Å²) in [4.78, 5) is 59.8. The zero-order valence-corrected chi connectivity index (χ0v) is 29.7. The number of methoxy groups -OCH3 is 1. The second-order valence-corrected chi connectivity index (χ2v) is 14.6. The topological polar surface area (TPSA) is 157 Å². The molecular weight excluding hydrogens is 720 g/mol. The van der Waals surface area contributed by atoms with Gasteiger partial charge in [0, 0.05) is 10.9 Å². The minimum atomic E-state index is -1.81. The van der Waals surface area contributed by atoms with Crippen LogP contribution in [0.2, 0.25) is 10.0 Å². The third-order valence-electron chi connectivity index (χ3n) is 11.2. The number of benzene rings is 4. The number of fused-ring (bicyclic) bond motifs is 4. The van der Waals surface area contributed by atoms with E-state index in [0.29, 0.717) is 27.5 Å². The van der Waals surface area contributed by atoms with Crippen LogP contribution in [-0.2, 0) is 24.6 Å². The Morgan fingerprint density at radius 2 is 1.62 bits per heavy atom. The van der Waals surface area contributed by atoms with Crippen molar-refractivity contribution in [1.29, 1.82) is 0 Å². The number of nitrogens with zero attached hydrogens (tertiary/aromatic N) is 2. The second kappa shape index (κ2) is 13.1. The van der Waals surface area contributed by atoms with Gasteiger partial charge < -0.3 is 19.9 Å². The molecule has 14 heteroatoms. The lowest BCUT2D eigenvalue weighted by atomic mass is 9.49. The molecule has 11 nitrogen and oxygen atoms in total. The van der Waals surface area contributed by atoms with Crippen LogP contribution in [0, 0.1) is 23.7 Å². The van der Waals surface area contributed by atoms with E-state index in [1.54, 1.807) is 60.7 Å². The van der Waals surface area contributed by atoms with Gasteiger partial charge in [0.05, 0.1) is 46.7 Å². The molecule has 4 aromatic carbocycles. The van der Waals surface area contributed by atoms with E-state index in [4.69, 9.17) is 27.9 Å². The van der Waals surface area contributed by atoms with Crippen LogP contribution in [0.1, 0.15) is 29.9 Å². The third kappa shape index (κ3) is 5.34. The van der Waals surface area contributed by atoms with E-state index >= 15 is 4.79 Å². The monoisotopic (exact) mass is 751 g/mol.